The molecule has 150 valence electrons. The third kappa shape index (κ3) is 4.59. The topological polar surface area (TPSA) is 54.6 Å². The second-order valence-electron chi connectivity index (χ2n) is 6.55. The van der Waals surface area contributed by atoms with Crippen LogP contribution in [0.5, 0.6) is 0 Å². The Hall–Kier alpha value is -2.60. The Kier molecular flexibility index (Phi) is 6.23. The third-order valence-corrected chi connectivity index (χ3v) is 5.76. The molecule has 1 aromatic heterocycles. The summed E-state index contributed by atoms with van der Waals surface area (Å²) in [5, 5.41) is 7.14. The lowest BCUT2D eigenvalue weighted by molar-refractivity contribution is -0.120. The van der Waals surface area contributed by atoms with E-state index in [1.165, 1.54) is 6.21 Å². The van der Waals surface area contributed by atoms with Gasteiger partial charge in [0, 0.05) is 15.1 Å². The molecule has 1 heterocycles. The van der Waals surface area contributed by atoms with Crippen molar-refractivity contribution in [2.75, 3.05) is 0 Å². The Morgan fingerprint density at radius 3 is 2.63 bits per heavy atom. The summed E-state index contributed by atoms with van der Waals surface area (Å²) in [6, 6.07) is 20.5. The van der Waals surface area contributed by atoms with Crippen LogP contribution in [0.3, 0.4) is 0 Å². The maximum atomic E-state index is 12.3. The van der Waals surface area contributed by atoms with Crippen LogP contribution in [0.4, 0.5) is 0 Å². The Bertz CT molecular complexity index is 1270. The standard InChI is InChI=1S/C23H15BrCl2N2O2/c24-20-9-5-14(17-3-1-2-4-18(17)20)11-23(29)28-27-13-16-7-10-22(30-16)19-8-6-15(25)12-21(19)26/h1-10,12-13H,11H2,(H,28,29)/b27-13-. The van der Waals surface area contributed by atoms with Crippen LogP contribution in [0.15, 0.2) is 80.7 Å². The van der Waals surface area contributed by atoms with Crippen molar-refractivity contribution in [3.8, 4) is 11.3 Å². The SMILES string of the molecule is O=C(Cc1ccc(Br)c2ccccc12)N/N=C\c1ccc(-c2ccc(Cl)cc2Cl)o1. The van der Waals surface area contributed by atoms with E-state index in [9.17, 15) is 4.79 Å². The predicted octanol–water partition coefficient (Wildman–Crippen LogP) is 6.86. The van der Waals surface area contributed by atoms with E-state index in [0.717, 1.165) is 26.4 Å². The number of rotatable bonds is 5. The first-order valence-electron chi connectivity index (χ1n) is 9.04. The van der Waals surface area contributed by atoms with Crippen LogP contribution in [0.1, 0.15) is 11.3 Å². The van der Waals surface area contributed by atoms with Crippen molar-refractivity contribution in [2.24, 2.45) is 5.10 Å². The largest absolute Gasteiger partial charge is 0.455 e. The number of fused-ring (bicyclic) bond motifs is 1. The Morgan fingerprint density at radius 2 is 1.83 bits per heavy atom. The number of carbonyl (C=O) groups is 1. The number of benzene rings is 3. The van der Waals surface area contributed by atoms with Crippen molar-refractivity contribution < 1.29 is 9.21 Å². The van der Waals surface area contributed by atoms with E-state index in [2.05, 4.69) is 26.5 Å². The molecule has 0 spiro atoms. The zero-order chi connectivity index (χ0) is 21.1. The van der Waals surface area contributed by atoms with Gasteiger partial charge in [-0.1, -0.05) is 69.5 Å². The number of furan rings is 1. The summed E-state index contributed by atoms with van der Waals surface area (Å²) in [6.45, 7) is 0. The highest BCUT2D eigenvalue weighted by Gasteiger charge is 2.10. The van der Waals surface area contributed by atoms with Crippen LogP contribution in [0, 0.1) is 0 Å². The smallest absolute Gasteiger partial charge is 0.244 e. The fraction of sp³-hybridized carbons (Fsp3) is 0.0435. The molecular weight excluding hydrogens is 487 g/mol. The van der Waals surface area contributed by atoms with Crippen LogP contribution < -0.4 is 5.43 Å². The maximum Gasteiger partial charge on any atom is 0.244 e. The minimum absolute atomic E-state index is 0.216. The molecule has 4 nitrogen and oxygen atoms in total. The van der Waals surface area contributed by atoms with Gasteiger partial charge in [0.1, 0.15) is 11.5 Å². The zero-order valence-electron chi connectivity index (χ0n) is 15.5. The lowest BCUT2D eigenvalue weighted by atomic mass is 10.0. The average Bonchev–Trinajstić information content (AvgIpc) is 3.19. The van der Waals surface area contributed by atoms with Gasteiger partial charge in [-0.2, -0.15) is 5.10 Å². The summed E-state index contributed by atoms with van der Waals surface area (Å²) in [5.41, 5.74) is 4.20. The highest BCUT2D eigenvalue weighted by Crippen LogP contribution is 2.31. The van der Waals surface area contributed by atoms with Crippen LogP contribution in [-0.2, 0) is 11.2 Å². The molecule has 0 saturated carbocycles. The molecule has 3 aromatic carbocycles. The first-order valence-corrected chi connectivity index (χ1v) is 10.6. The molecule has 1 amide bonds. The van der Waals surface area contributed by atoms with E-state index < -0.39 is 0 Å². The van der Waals surface area contributed by atoms with Gasteiger partial charge >= 0.3 is 0 Å². The number of nitrogens with one attached hydrogen (secondary N) is 1. The maximum absolute atomic E-state index is 12.3. The summed E-state index contributed by atoms with van der Waals surface area (Å²) in [5.74, 6) is 0.863. The van der Waals surface area contributed by atoms with Gasteiger partial charge < -0.3 is 4.42 Å². The van der Waals surface area contributed by atoms with Gasteiger partial charge in [0.15, 0.2) is 0 Å². The first-order chi connectivity index (χ1) is 14.5. The molecule has 0 radical (unpaired) electrons. The molecule has 0 unspecified atom stereocenters. The Morgan fingerprint density at radius 1 is 1.03 bits per heavy atom. The Labute approximate surface area is 191 Å². The predicted molar refractivity (Wildman–Crippen MR) is 125 cm³/mol. The molecule has 4 rings (SSSR count). The highest BCUT2D eigenvalue weighted by atomic mass is 79.9. The number of nitrogens with zero attached hydrogens (tertiary/aromatic N) is 1. The van der Waals surface area contributed by atoms with Crippen molar-refractivity contribution in [1.82, 2.24) is 5.43 Å². The molecular formula is C23H15BrCl2N2O2. The average molecular weight is 502 g/mol. The molecule has 0 bridgehead atoms. The van der Waals surface area contributed by atoms with E-state index >= 15 is 0 Å². The molecule has 0 saturated heterocycles. The number of carbonyl (C=O) groups excluding carboxylic acids is 1. The molecule has 0 aliphatic heterocycles. The minimum Gasteiger partial charge on any atom is -0.455 e. The van der Waals surface area contributed by atoms with Gasteiger partial charge in [0.2, 0.25) is 5.91 Å². The summed E-state index contributed by atoms with van der Waals surface area (Å²) >= 11 is 15.7. The molecule has 0 aliphatic rings. The second-order valence-corrected chi connectivity index (χ2v) is 8.25. The van der Waals surface area contributed by atoms with Gasteiger partial charge in [0.05, 0.1) is 17.7 Å². The van der Waals surface area contributed by atoms with Gasteiger partial charge in [0.25, 0.3) is 0 Å². The monoisotopic (exact) mass is 500 g/mol. The van der Waals surface area contributed by atoms with E-state index in [1.807, 2.05) is 36.4 Å². The van der Waals surface area contributed by atoms with E-state index in [4.69, 9.17) is 27.6 Å². The lowest BCUT2D eigenvalue weighted by Crippen LogP contribution is -2.19. The number of halogens is 3. The molecule has 4 aromatic rings. The Balaban J connectivity index is 1.43. The minimum atomic E-state index is -0.216. The fourth-order valence-corrected chi connectivity index (χ4v) is 4.10. The van der Waals surface area contributed by atoms with Crippen molar-refractivity contribution in [2.45, 2.75) is 6.42 Å². The van der Waals surface area contributed by atoms with E-state index in [1.54, 1.807) is 30.3 Å². The summed E-state index contributed by atoms with van der Waals surface area (Å²) in [6.07, 6.45) is 1.67. The van der Waals surface area contributed by atoms with Crippen molar-refractivity contribution >= 4 is 62.0 Å². The van der Waals surface area contributed by atoms with Crippen LogP contribution >= 0.6 is 39.1 Å². The zero-order valence-corrected chi connectivity index (χ0v) is 18.6. The van der Waals surface area contributed by atoms with Crippen molar-refractivity contribution in [3.63, 3.8) is 0 Å². The fourth-order valence-electron chi connectivity index (χ4n) is 3.12. The van der Waals surface area contributed by atoms with Gasteiger partial charge in [-0.25, -0.2) is 5.43 Å². The first kappa shape index (κ1) is 20.7. The van der Waals surface area contributed by atoms with Gasteiger partial charge in [-0.15, -0.1) is 0 Å². The quantitative estimate of drug-likeness (QED) is 0.240. The second kappa shape index (κ2) is 9.04. The van der Waals surface area contributed by atoms with Gasteiger partial charge in [-0.05, 0) is 52.7 Å². The number of hydrogen-bond acceptors (Lipinski definition) is 3. The summed E-state index contributed by atoms with van der Waals surface area (Å²) in [7, 11) is 0. The molecule has 0 aliphatic carbocycles. The molecule has 0 fully saturated rings. The lowest BCUT2D eigenvalue weighted by Gasteiger charge is -2.07. The van der Waals surface area contributed by atoms with Crippen LogP contribution in [0.25, 0.3) is 22.1 Å². The number of hydrazone groups is 1. The molecule has 30 heavy (non-hydrogen) atoms. The van der Waals surface area contributed by atoms with E-state index in [-0.39, 0.29) is 12.3 Å². The molecule has 1 N–H and O–H groups in total. The molecule has 7 heteroatoms. The third-order valence-electron chi connectivity index (χ3n) is 4.52. The number of hydrogen-bond donors (Lipinski definition) is 1. The highest BCUT2D eigenvalue weighted by molar-refractivity contribution is 9.10. The van der Waals surface area contributed by atoms with E-state index in [0.29, 0.717) is 21.6 Å². The van der Waals surface area contributed by atoms with Crippen LogP contribution in [0.2, 0.25) is 10.0 Å². The molecule has 0 atom stereocenters. The van der Waals surface area contributed by atoms with Crippen LogP contribution in [-0.4, -0.2) is 12.1 Å². The summed E-state index contributed by atoms with van der Waals surface area (Å²) < 4.78 is 6.72. The van der Waals surface area contributed by atoms with Crippen molar-refractivity contribution in [3.05, 3.63) is 92.6 Å². The normalized spacial score (nSPS) is 11.3. The van der Waals surface area contributed by atoms with Gasteiger partial charge in [-0.3, -0.25) is 4.79 Å². The van der Waals surface area contributed by atoms with Crippen molar-refractivity contribution in [1.29, 1.82) is 0 Å². The number of amides is 1. The summed E-state index contributed by atoms with van der Waals surface area (Å²) in [4.78, 5) is 12.3.